The molecule has 1 amide bonds. The van der Waals surface area contributed by atoms with Crippen LogP contribution >= 0.6 is 12.4 Å². The normalized spacial score (nSPS) is 11.5. The highest BCUT2D eigenvalue weighted by Gasteiger charge is 2.31. The van der Waals surface area contributed by atoms with Gasteiger partial charge in [0.05, 0.1) is 6.42 Å². The quantitative estimate of drug-likeness (QED) is 0.873. The molecule has 0 aromatic heterocycles. The van der Waals surface area contributed by atoms with Crippen LogP contribution in [-0.4, -0.2) is 24.4 Å². The molecule has 0 radical (unpaired) electrons. The van der Waals surface area contributed by atoms with E-state index in [0.717, 1.165) is 0 Å². The van der Waals surface area contributed by atoms with Crippen LogP contribution in [0.5, 0.6) is 5.75 Å². The van der Waals surface area contributed by atoms with Gasteiger partial charge in [-0.15, -0.1) is 25.6 Å². The van der Waals surface area contributed by atoms with Gasteiger partial charge in [0.25, 0.3) is 0 Å². The number of alkyl halides is 3. The lowest BCUT2D eigenvalue weighted by atomic mass is 10.1. The Bertz CT molecular complexity index is 461. The monoisotopic (exact) mass is 326 g/mol. The van der Waals surface area contributed by atoms with Crippen LogP contribution in [0.15, 0.2) is 24.3 Å². The molecule has 0 spiro atoms. The van der Waals surface area contributed by atoms with Gasteiger partial charge < -0.3 is 15.8 Å². The second-order valence-electron chi connectivity index (χ2n) is 5.00. The van der Waals surface area contributed by atoms with Crippen molar-refractivity contribution in [2.24, 2.45) is 5.73 Å². The minimum Gasteiger partial charge on any atom is -0.406 e. The van der Waals surface area contributed by atoms with Crippen molar-refractivity contribution in [2.45, 2.75) is 32.2 Å². The number of carbonyl (C=O) groups is 1. The molecule has 0 aliphatic heterocycles. The summed E-state index contributed by atoms with van der Waals surface area (Å²) >= 11 is 0. The van der Waals surface area contributed by atoms with Crippen LogP contribution in [-0.2, 0) is 11.2 Å². The van der Waals surface area contributed by atoms with E-state index in [2.05, 4.69) is 10.1 Å². The van der Waals surface area contributed by atoms with E-state index in [4.69, 9.17) is 5.73 Å². The number of benzene rings is 1. The van der Waals surface area contributed by atoms with Gasteiger partial charge in [0.15, 0.2) is 0 Å². The molecule has 0 atom stereocenters. The highest BCUT2D eigenvalue weighted by atomic mass is 35.5. The summed E-state index contributed by atoms with van der Waals surface area (Å²) in [7, 11) is 0. The third-order valence-corrected chi connectivity index (χ3v) is 2.51. The lowest BCUT2D eigenvalue weighted by molar-refractivity contribution is -0.274. The Labute approximate surface area is 127 Å². The molecule has 0 saturated carbocycles. The molecule has 4 nitrogen and oxygen atoms in total. The Kier molecular flexibility index (Phi) is 6.99. The Morgan fingerprint density at radius 2 is 1.76 bits per heavy atom. The number of nitrogens with one attached hydrogen (secondary N) is 1. The molecule has 0 aliphatic carbocycles. The van der Waals surface area contributed by atoms with Gasteiger partial charge in [0.2, 0.25) is 5.91 Å². The van der Waals surface area contributed by atoms with Crippen molar-refractivity contribution >= 4 is 18.3 Å². The molecule has 0 saturated heterocycles. The molecule has 120 valence electrons. The first-order chi connectivity index (χ1) is 9.11. The number of ether oxygens (including phenoxy) is 1. The standard InChI is InChI=1S/C13H17F3N2O2.ClH/c1-12(2,8-17)18-11(19)7-9-3-5-10(6-4-9)20-13(14,15)16;/h3-6H,7-8,17H2,1-2H3,(H,18,19);1H. The molecule has 1 aromatic rings. The Morgan fingerprint density at radius 3 is 2.19 bits per heavy atom. The van der Waals surface area contributed by atoms with E-state index in [0.29, 0.717) is 5.56 Å². The molecule has 21 heavy (non-hydrogen) atoms. The number of rotatable bonds is 5. The molecule has 8 heteroatoms. The van der Waals surface area contributed by atoms with Gasteiger partial charge in [-0.2, -0.15) is 0 Å². The van der Waals surface area contributed by atoms with Crippen LogP contribution in [0.4, 0.5) is 13.2 Å². The number of amides is 1. The maximum absolute atomic E-state index is 12.0. The van der Waals surface area contributed by atoms with Crippen LogP contribution in [0, 0.1) is 0 Å². The fraction of sp³-hybridized carbons (Fsp3) is 0.462. The first kappa shape index (κ1) is 19.5. The number of hydrogen-bond donors (Lipinski definition) is 2. The summed E-state index contributed by atoms with van der Waals surface area (Å²) in [6.45, 7) is 3.85. The summed E-state index contributed by atoms with van der Waals surface area (Å²) in [5.74, 6) is -0.561. The topological polar surface area (TPSA) is 64.3 Å². The fourth-order valence-corrected chi connectivity index (χ4v) is 1.47. The van der Waals surface area contributed by atoms with Gasteiger partial charge in [-0.05, 0) is 31.5 Å². The molecule has 0 aliphatic rings. The van der Waals surface area contributed by atoms with E-state index in [1.165, 1.54) is 24.3 Å². The van der Waals surface area contributed by atoms with Crippen molar-refractivity contribution in [3.63, 3.8) is 0 Å². The van der Waals surface area contributed by atoms with Crippen molar-refractivity contribution in [1.29, 1.82) is 0 Å². The second-order valence-corrected chi connectivity index (χ2v) is 5.00. The summed E-state index contributed by atoms with van der Waals surface area (Å²) < 4.78 is 39.7. The molecular weight excluding hydrogens is 309 g/mol. The van der Waals surface area contributed by atoms with Crippen molar-refractivity contribution in [3.8, 4) is 5.75 Å². The van der Waals surface area contributed by atoms with Gasteiger partial charge in [0.1, 0.15) is 5.75 Å². The van der Waals surface area contributed by atoms with Crippen LogP contribution in [0.2, 0.25) is 0 Å². The van der Waals surface area contributed by atoms with Gasteiger partial charge in [0, 0.05) is 12.1 Å². The Morgan fingerprint density at radius 1 is 1.24 bits per heavy atom. The third kappa shape index (κ3) is 7.77. The Hall–Kier alpha value is -1.47. The van der Waals surface area contributed by atoms with E-state index in [1.807, 2.05) is 0 Å². The smallest absolute Gasteiger partial charge is 0.406 e. The zero-order chi connectivity index (χ0) is 15.4. The van der Waals surface area contributed by atoms with Gasteiger partial charge in [-0.25, -0.2) is 0 Å². The van der Waals surface area contributed by atoms with Crippen molar-refractivity contribution in [1.82, 2.24) is 5.32 Å². The second kappa shape index (κ2) is 7.51. The molecular formula is C13H18ClF3N2O2. The first-order valence-corrected chi connectivity index (χ1v) is 5.97. The van der Waals surface area contributed by atoms with Crippen LogP contribution in [0.3, 0.4) is 0 Å². The third-order valence-electron chi connectivity index (χ3n) is 2.51. The first-order valence-electron chi connectivity index (χ1n) is 5.97. The maximum Gasteiger partial charge on any atom is 0.573 e. The van der Waals surface area contributed by atoms with E-state index in [9.17, 15) is 18.0 Å². The lowest BCUT2D eigenvalue weighted by Gasteiger charge is -2.24. The zero-order valence-corrected chi connectivity index (χ0v) is 12.5. The molecule has 0 bridgehead atoms. The average Bonchev–Trinajstić information content (AvgIpc) is 2.29. The number of carbonyl (C=O) groups excluding carboxylic acids is 1. The summed E-state index contributed by atoms with van der Waals surface area (Å²) in [6.07, 6.45) is -4.65. The van der Waals surface area contributed by atoms with Gasteiger partial charge >= 0.3 is 6.36 Å². The van der Waals surface area contributed by atoms with Gasteiger partial charge in [-0.1, -0.05) is 12.1 Å². The average molecular weight is 327 g/mol. The predicted molar refractivity (Wildman–Crippen MR) is 75.4 cm³/mol. The van der Waals surface area contributed by atoms with Crippen molar-refractivity contribution in [2.75, 3.05) is 6.54 Å². The summed E-state index contributed by atoms with van der Waals surface area (Å²) in [6, 6.07) is 5.17. The molecule has 3 N–H and O–H groups in total. The molecule has 1 aromatic carbocycles. The van der Waals surface area contributed by atoms with E-state index >= 15 is 0 Å². The molecule has 0 fully saturated rings. The number of nitrogens with two attached hydrogens (primary N) is 1. The van der Waals surface area contributed by atoms with E-state index in [1.54, 1.807) is 13.8 Å². The largest absolute Gasteiger partial charge is 0.573 e. The lowest BCUT2D eigenvalue weighted by Crippen LogP contribution is -2.49. The Balaban J connectivity index is 0.00000400. The zero-order valence-electron chi connectivity index (χ0n) is 11.7. The molecule has 1 rings (SSSR count). The van der Waals surface area contributed by atoms with Crippen molar-refractivity contribution < 1.29 is 22.7 Å². The van der Waals surface area contributed by atoms with E-state index in [-0.39, 0.29) is 37.0 Å². The highest BCUT2D eigenvalue weighted by molar-refractivity contribution is 5.85. The fourth-order valence-electron chi connectivity index (χ4n) is 1.47. The van der Waals surface area contributed by atoms with Gasteiger partial charge in [-0.3, -0.25) is 4.79 Å². The minimum absolute atomic E-state index is 0. The maximum atomic E-state index is 12.0. The van der Waals surface area contributed by atoms with Crippen LogP contribution in [0.25, 0.3) is 0 Å². The highest BCUT2D eigenvalue weighted by Crippen LogP contribution is 2.22. The number of halogens is 4. The van der Waals surface area contributed by atoms with Crippen LogP contribution in [0.1, 0.15) is 19.4 Å². The summed E-state index contributed by atoms with van der Waals surface area (Å²) in [5, 5.41) is 2.73. The molecule has 0 heterocycles. The minimum atomic E-state index is -4.72. The van der Waals surface area contributed by atoms with E-state index < -0.39 is 11.9 Å². The summed E-state index contributed by atoms with van der Waals surface area (Å²) in [4.78, 5) is 11.7. The van der Waals surface area contributed by atoms with Crippen molar-refractivity contribution in [3.05, 3.63) is 29.8 Å². The molecule has 0 unspecified atom stereocenters. The number of hydrogen-bond acceptors (Lipinski definition) is 3. The predicted octanol–water partition coefficient (Wildman–Crippen LogP) is 2.40. The SMILES string of the molecule is CC(C)(CN)NC(=O)Cc1ccc(OC(F)(F)F)cc1.Cl. The van der Waals surface area contributed by atoms with Crippen LogP contribution < -0.4 is 15.8 Å². The summed E-state index contributed by atoms with van der Waals surface area (Å²) in [5.41, 5.74) is 5.56.